The Labute approximate surface area is 188 Å². The monoisotopic (exact) mass is 433 g/mol. The molecule has 0 aliphatic carbocycles. The Morgan fingerprint density at radius 2 is 2.00 bits per heavy atom. The maximum atomic E-state index is 10.6. The second kappa shape index (κ2) is 9.73. The average molecular weight is 434 g/mol. The van der Waals surface area contributed by atoms with E-state index in [0.717, 1.165) is 52.2 Å². The van der Waals surface area contributed by atoms with E-state index in [1.54, 1.807) is 6.20 Å². The second-order valence-corrected chi connectivity index (χ2v) is 7.92. The number of carboxylic acid groups (broad SMARTS) is 1. The Hall–Kier alpha value is -3.54. The van der Waals surface area contributed by atoms with Crippen LogP contribution in [-0.4, -0.2) is 27.2 Å². The number of carboxylic acids is 1. The van der Waals surface area contributed by atoms with Crippen molar-refractivity contribution in [3.05, 3.63) is 71.7 Å². The van der Waals surface area contributed by atoms with E-state index < -0.39 is 12.5 Å². The standard InChI is InChI=1S/C26H28N2O4/c1-18-16-27-26(20-11-12-24-22(15-20)14-19(2)32-24)28(18)17-21-8-5-6-9-23(21)31-13-7-3-4-10-25(29)30/h5-6,8-9,11-12,14-16H,3-4,7,10,13,17H2,1-2H3,(H,29,30)/i17D. The third kappa shape index (κ3) is 5.02. The van der Waals surface area contributed by atoms with Crippen molar-refractivity contribution in [3.8, 4) is 17.1 Å². The molecule has 1 atom stereocenters. The Morgan fingerprint density at radius 1 is 1.16 bits per heavy atom. The molecule has 2 aromatic carbocycles. The van der Waals surface area contributed by atoms with Crippen LogP contribution in [0, 0.1) is 13.8 Å². The number of fused-ring (bicyclic) bond motifs is 1. The Kier molecular flexibility index (Phi) is 6.19. The third-order valence-corrected chi connectivity index (χ3v) is 5.36. The van der Waals surface area contributed by atoms with E-state index in [1.165, 1.54) is 0 Å². The molecule has 6 nitrogen and oxygen atoms in total. The number of carbonyl (C=O) groups is 1. The lowest BCUT2D eigenvalue weighted by atomic mass is 10.1. The van der Waals surface area contributed by atoms with Crippen LogP contribution in [0.2, 0.25) is 0 Å². The van der Waals surface area contributed by atoms with Gasteiger partial charge in [0.1, 0.15) is 22.9 Å². The van der Waals surface area contributed by atoms with Crippen LogP contribution in [0.1, 0.15) is 44.1 Å². The molecule has 0 aliphatic heterocycles. The fourth-order valence-corrected chi connectivity index (χ4v) is 3.73. The predicted molar refractivity (Wildman–Crippen MR) is 124 cm³/mol. The molecule has 0 amide bonds. The molecule has 166 valence electrons. The number of para-hydroxylation sites is 1. The number of aliphatic carboxylic acids is 1. The smallest absolute Gasteiger partial charge is 0.303 e. The van der Waals surface area contributed by atoms with Gasteiger partial charge in [0, 0.05) is 34.8 Å². The number of benzene rings is 2. The van der Waals surface area contributed by atoms with Gasteiger partial charge in [-0.3, -0.25) is 4.79 Å². The van der Waals surface area contributed by atoms with Gasteiger partial charge in [0.25, 0.3) is 0 Å². The highest BCUT2D eigenvalue weighted by Gasteiger charge is 2.14. The van der Waals surface area contributed by atoms with Gasteiger partial charge >= 0.3 is 5.97 Å². The highest BCUT2D eigenvalue weighted by atomic mass is 16.5. The summed E-state index contributed by atoms with van der Waals surface area (Å²) in [6.07, 6.45) is 4.16. The number of aryl methyl sites for hydroxylation is 2. The molecule has 0 saturated carbocycles. The Morgan fingerprint density at radius 3 is 2.84 bits per heavy atom. The quantitative estimate of drug-likeness (QED) is 0.311. The highest BCUT2D eigenvalue weighted by Crippen LogP contribution is 2.28. The fraction of sp³-hybridized carbons (Fsp3) is 0.308. The SMILES string of the molecule is [2H]C(c1ccccc1OCCCCCC(=O)O)n1c(C)cnc1-c1ccc2oc(C)cc2c1. The molecule has 0 fully saturated rings. The summed E-state index contributed by atoms with van der Waals surface area (Å²) in [4.78, 5) is 15.3. The zero-order valence-corrected chi connectivity index (χ0v) is 18.4. The second-order valence-electron chi connectivity index (χ2n) is 7.92. The van der Waals surface area contributed by atoms with Crippen LogP contribution in [0.15, 0.2) is 59.1 Å². The molecule has 4 aromatic rings. The number of nitrogens with zero attached hydrogens (tertiary/aromatic N) is 2. The molecule has 0 aliphatic rings. The van der Waals surface area contributed by atoms with Crippen LogP contribution in [0.3, 0.4) is 0 Å². The van der Waals surface area contributed by atoms with Crippen molar-refractivity contribution in [1.29, 1.82) is 0 Å². The first-order valence-electron chi connectivity index (χ1n) is 11.4. The van der Waals surface area contributed by atoms with Crippen molar-refractivity contribution in [2.45, 2.75) is 46.1 Å². The summed E-state index contributed by atoms with van der Waals surface area (Å²) in [5, 5.41) is 9.76. The van der Waals surface area contributed by atoms with Crippen molar-refractivity contribution in [2.24, 2.45) is 0 Å². The number of unbranched alkanes of at least 4 members (excludes halogenated alkanes) is 2. The van der Waals surface area contributed by atoms with Crippen molar-refractivity contribution >= 4 is 16.9 Å². The molecule has 4 rings (SSSR count). The van der Waals surface area contributed by atoms with Gasteiger partial charge in [-0.1, -0.05) is 18.2 Å². The van der Waals surface area contributed by atoms with E-state index >= 15 is 0 Å². The summed E-state index contributed by atoms with van der Waals surface area (Å²) in [5.41, 5.74) is 3.39. The molecule has 2 aromatic heterocycles. The maximum Gasteiger partial charge on any atom is 0.303 e. The normalized spacial score (nSPS) is 12.6. The Balaban J connectivity index is 1.56. The van der Waals surface area contributed by atoms with Gasteiger partial charge in [-0.05, 0) is 63.4 Å². The van der Waals surface area contributed by atoms with Crippen molar-refractivity contribution in [3.63, 3.8) is 0 Å². The highest BCUT2D eigenvalue weighted by molar-refractivity contribution is 5.83. The van der Waals surface area contributed by atoms with Gasteiger partial charge in [-0.15, -0.1) is 0 Å². The fourth-order valence-electron chi connectivity index (χ4n) is 3.73. The molecule has 0 bridgehead atoms. The molecule has 0 radical (unpaired) electrons. The van der Waals surface area contributed by atoms with Crippen molar-refractivity contribution in [1.82, 2.24) is 9.55 Å². The molecule has 0 spiro atoms. The predicted octanol–water partition coefficient (Wildman–Crippen LogP) is 5.99. The van der Waals surface area contributed by atoms with E-state index in [1.807, 2.05) is 66.9 Å². The van der Waals surface area contributed by atoms with Gasteiger partial charge in [-0.2, -0.15) is 0 Å². The van der Waals surface area contributed by atoms with Crippen molar-refractivity contribution in [2.75, 3.05) is 6.61 Å². The Bertz CT molecular complexity index is 1260. The molecule has 1 N–H and O–H groups in total. The molecule has 32 heavy (non-hydrogen) atoms. The van der Waals surface area contributed by atoms with Crippen LogP contribution < -0.4 is 4.74 Å². The van der Waals surface area contributed by atoms with E-state index in [-0.39, 0.29) is 6.42 Å². The van der Waals surface area contributed by atoms with Crippen LogP contribution in [0.4, 0.5) is 0 Å². The van der Waals surface area contributed by atoms with Crippen LogP contribution in [0.25, 0.3) is 22.4 Å². The lowest BCUT2D eigenvalue weighted by molar-refractivity contribution is -0.137. The first kappa shape index (κ1) is 20.4. The summed E-state index contributed by atoms with van der Waals surface area (Å²) in [6, 6.07) is 15.5. The molecule has 6 heteroatoms. The number of ether oxygens (including phenoxy) is 1. The number of aromatic nitrogens is 2. The summed E-state index contributed by atoms with van der Waals surface area (Å²) >= 11 is 0. The minimum atomic E-state index is -0.771. The largest absolute Gasteiger partial charge is 0.493 e. The van der Waals surface area contributed by atoms with Crippen molar-refractivity contribution < 1.29 is 20.4 Å². The topological polar surface area (TPSA) is 77.5 Å². The van der Waals surface area contributed by atoms with E-state index in [9.17, 15) is 4.79 Å². The first-order chi connectivity index (χ1) is 15.9. The number of furan rings is 1. The minimum absolute atomic E-state index is 0.179. The lowest BCUT2D eigenvalue weighted by Crippen LogP contribution is -2.07. The molecular weight excluding hydrogens is 404 g/mol. The minimum Gasteiger partial charge on any atom is -0.493 e. The first-order valence-corrected chi connectivity index (χ1v) is 10.8. The summed E-state index contributed by atoms with van der Waals surface area (Å²) < 4.78 is 22.7. The van der Waals surface area contributed by atoms with Gasteiger partial charge < -0.3 is 18.8 Å². The number of rotatable bonds is 10. The van der Waals surface area contributed by atoms with E-state index in [4.69, 9.17) is 15.6 Å². The molecule has 2 heterocycles. The van der Waals surface area contributed by atoms with Gasteiger partial charge in [0.15, 0.2) is 0 Å². The van der Waals surface area contributed by atoms with Gasteiger partial charge in [-0.25, -0.2) is 4.98 Å². The van der Waals surface area contributed by atoms with Gasteiger partial charge in [0.05, 0.1) is 14.5 Å². The van der Waals surface area contributed by atoms with E-state index in [0.29, 0.717) is 18.8 Å². The maximum absolute atomic E-state index is 10.6. The number of hydrogen-bond donors (Lipinski definition) is 1. The summed E-state index contributed by atoms with van der Waals surface area (Å²) in [7, 11) is 0. The number of imidazole rings is 1. The van der Waals surface area contributed by atoms with Crippen LogP contribution >= 0.6 is 0 Å². The molecule has 0 saturated heterocycles. The molecule has 1 unspecified atom stereocenters. The van der Waals surface area contributed by atoms with Gasteiger partial charge in [0.2, 0.25) is 0 Å². The molecular formula is C26H28N2O4. The zero-order chi connectivity index (χ0) is 23.4. The third-order valence-electron chi connectivity index (χ3n) is 5.36. The van der Waals surface area contributed by atoms with Crippen LogP contribution in [-0.2, 0) is 11.3 Å². The van der Waals surface area contributed by atoms with Crippen LogP contribution in [0.5, 0.6) is 5.75 Å². The van der Waals surface area contributed by atoms with E-state index in [2.05, 4.69) is 4.98 Å². The zero-order valence-electron chi connectivity index (χ0n) is 19.4. The lowest BCUT2D eigenvalue weighted by Gasteiger charge is -2.15. The number of hydrogen-bond acceptors (Lipinski definition) is 4. The summed E-state index contributed by atoms with van der Waals surface area (Å²) in [5.74, 6) is 1.47. The average Bonchev–Trinajstić information content (AvgIpc) is 3.36. The summed E-state index contributed by atoms with van der Waals surface area (Å²) in [6.45, 7) is 3.63.